The zero-order chi connectivity index (χ0) is 25.2. The standard InChI is InChI=1S/C31H28FNO3/c1-20(2)22-12-5-6-14-24(22)28-25-15-8-16-26(32)29(25)33(30(28)31(34)35)18-9-19-36-27-17-7-11-21-10-3-4-13-23(21)27/h3-8,10-17,20H,9,18-19H2,1-2H3,(H,34,35). The van der Waals surface area contributed by atoms with Gasteiger partial charge in [0.2, 0.25) is 0 Å². The van der Waals surface area contributed by atoms with E-state index in [-0.39, 0.29) is 11.6 Å². The van der Waals surface area contributed by atoms with E-state index >= 15 is 4.39 Å². The van der Waals surface area contributed by atoms with E-state index in [4.69, 9.17) is 4.74 Å². The average molecular weight is 482 g/mol. The third-order valence-electron chi connectivity index (χ3n) is 6.62. The van der Waals surface area contributed by atoms with Crippen LogP contribution in [0.4, 0.5) is 4.39 Å². The Morgan fingerprint density at radius 2 is 1.61 bits per heavy atom. The molecule has 0 saturated carbocycles. The molecular weight excluding hydrogens is 453 g/mol. The minimum atomic E-state index is -1.07. The van der Waals surface area contributed by atoms with Crippen LogP contribution in [0, 0.1) is 5.82 Å². The van der Waals surface area contributed by atoms with Crippen molar-refractivity contribution in [2.24, 2.45) is 0 Å². The van der Waals surface area contributed by atoms with E-state index in [0.29, 0.717) is 36.0 Å². The molecule has 1 heterocycles. The van der Waals surface area contributed by atoms with Gasteiger partial charge in [-0.2, -0.15) is 0 Å². The highest BCUT2D eigenvalue weighted by Gasteiger charge is 2.26. The summed E-state index contributed by atoms with van der Waals surface area (Å²) in [5, 5.41) is 13.0. The normalized spacial score (nSPS) is 11.4. The van der Waals surface area contributed by atoms with Crippen LogP contribution in [0.1, 0.15) is 42.2 Å². The van der Waals surface area contributed by atoms with Crippen LogP contribution in [0.25, 0.3) is 32.8 Å². The highest BCUT2D eigenvalue weighted by Crippen LogP contribution is 2.40. The number of hydrogen-bond donors (Lipinski definition) is 1. The molecule has 0 bridgehead atoms. The van der Waals surface area contributed by atoms with E-state index in [9.17, 15) is 9.90 Å². The predicted octanol–water partition coefficient (Wildman–Crippen LogP) is 7.89. The number of para-hydroxylation sites is 1. The van der Waals surface area contributed by atoms with Gasteiger partial charge >= 0.3 is 5.97 Å². The summed E-state index contributed by atoms with van der Waals surface area (Å²) >= 11 is 0. The molecule has 0 spiro atoms. The molecule has 5 rings (SSSR count). The van der Waals surface area contributed by atoms with Crippen LogP contribution in [0.5, 0.6) is 5.75 Å². The van der Waals surface area contributed by atoms with Crippen LogP contribution >= 0.6 is 0 Å². The lowest BCUT2D eigenvalue weighted by Gasteiger charge is -2.14. The zero-order valence-electron chi connectivity index (χ0n) is 20.4. The number of carboxylic acids is 1. The summed E-state index contributed by atoms with van der Waals surface area (Å²) in [6.07, 6.45) is 0.521. The number of fused-ring (bicyclic) bond motifs is 2. The smallest absolute Gasteiger partial charge is 0.353 e. The van der Waals surface area contributed by atoms with Gasteiger partial charge < -0.3 is 14.4 Å². The van der Waals surface area contributed by atoms with Crippen LogP contribution in [-0.4, -0.2) is 22.2 Å². The molecule has 0 unspecified atom stereocenters. The molecule has 0 saturated heterocycles. The minimum absolute atomic E-state index is 0.105. The summed E-state index contributed by atoms with van der Waals surface area (Å²) in [5.74, 6) is -0.544. The number of aryl methyl sites for hydroxylation is 1. The first-order chi connectivity index (χ1) is 17.5. The second-order valence-corrected chi connectivity index (χ2v) is 9.24. The third kappa shape index (κ3) is 4.22. The van der Waals surface area contributed by atoms with Crippen molar-refractivity contribution in [2.75, 3.05) is 6.61 Å². The Bertz CT molecular complexity index is 1560. The van der Waals surface area contributed by atoms with E-state index in [1.807, 2.05) is 66.7 Å². The van der Waals surface area contributed by atoms with Crippen molar-refractivity contribution in [2.45, 2.75) is 32.7 Å². The molecule has 4 aromatic carbocycles. The molecule has 182 valence electrons. The summed E-state index contributed by atoms with van der Waals surface area (Å²) < 4.78 is 22.9. The summed E-state index contributed by atoms with van der Waals surface area (Å²) in [4.78, 5) is 12.6. The molecule has 4 nitrogen and oxygen atoms in total. The summed E-state index contributed by atoms with van der Waals surface area (Å²) in [5.41, 5.74) is 2.84. The number of halogens is 1. The topological polar surface area (TPSA) is 51.5 Å². The molecule has 0 atom stereocenters. The number of carboxylic acid groups (broad SMARTS) is 1. The van der Waals surface area contributed by atoms with Crippen molar-refractivity contribution in [3.8, 4) is 16.9 Å². The molecule has 5 heteroatoms. The molecule has 0 aliphatic rings. The quantitative estimate of drug-likeness (QED) is 0.229. The lowest BCUT2D eigenvalue weighted by Crippen LogP contribution is -2.12. The largest absolute Gasteiger partial charge is 0.493 e. The van der Waals surface area contributed by atoms with Gasteiger partial charge in [-0.25, -0.2) is 9.18 Å². The van der Waals surface area contributed by atoms with Crippen molar-refractivity contribution in [3.63, 3.8) is 0 Å². The van der Waals surface area contributed by atoms with E-state index in [2.05, 4.69) is 13.8 Å². The molecule has 5 aromatic rings. The zero-order valence-corrected chi connectivity index (χ0v) is 20.4. The van der Waals surface area contributed by atoms with Crippen molar-refractivity contribution in [3.05, 3.63) is 102 Å². The first-order valence-corrected chi connectivity index (χ1v) is 12.2. The van der Waals surface area contributed by atoms with Gasteiger partial charge in [0.05, 0.1) is 12.1 Å². The van der Waals surface area contributed by atoms with E-state index < -0.39 is 11.8 Å². The number of rotatable bonds is 8. The van der Waals surface area contributed by atoms with Gasteiger partial charge in [0, 0.05) is 22.9 Å². The van der Waals surface area contributed by atoms with Crippen LogP contribution in [0.2, 0.25) is 0 Å². The fraction of sp³-hybridized carbons (Fsp3) is 0.194. The number of aromatic nitrogens is 1. The molecule has 0 radical (unpaired) electrons. The monoisotopic (exact) mass is 481 g/mol. The van der Waals surface area contributed by atoms with Crippen LogP contribution in [0.15, 0.2) is 84.9 Å². The van der Waals surface area contributed by atoms with Crippen LogP contribution in [0.3, 0.4) is 0 Å². The Labute approximate surface area is 209 Å². The highest BCUT2D eigenvalue weighted by molar-refractivity contribution is 6.08. The second-order valence-electron chi connectivity index (χ2n) is 9.24. The first-order valence-electron chi connectivity index (χ1n) is 12.2. The van der Waals surface area contributed by atoms with Crippen molar-refractivity contribution in [1.29, 1.82) is 0 Å². The number of hydrogen-bond acceptors (Lipinski definition) is 2. The third-order valence-corrected chi connectivity index (χ3v) is 6.62. The molecule has 1 aromatic heterocycles. The fourth-order valence-corrected chi connectivity index (χ4v) is 5.04. The van der Waals surface area contributed by atoms with Crippen LogP contribution in [-0.2, 0) is 6.54 Å². The Kier molecular flexibility index (Phi) is 6.47. The summed E-state index contributed by atoms with van der Waals surface area (Å²) in [6.45, 7) is 4.83. The fourth-order valence-electron chi connectivity index (χ4n) is 5.04. The highest BCUT2D eigenvalue weighted by atomic mass is 19.1. The van der Waals surface area contributed by atoms with Gasteiger partial charge in [-0.3, -0.25) is 0 Å². The van der Waals surface area contributed by atoms with Gasteiger partial charge in [-0.05, 0) is 41.0 Å². The van der Waals surface area contributed by atoms with Crippen molar-refractivity contribution < 1.29 is 19.0 Å². The Morgan fingerprint density at radius 3 is 2.42 bits per heavy atom. The Morgan fingerprint density at radius 1 is 0.917 bits per heavy atom. The summed E-state index contributed by atoms with van der Waals surface area (Å²) in [6, 6.07) is 26.5. The first kappa shape index (κ1) is 23.6. The predicted molar refractivity (Wildman–Crippen MR) is 142 cm³/mol. The number of ether oxygens (including phenoxy) is 1. The van der Waals surface area contributed by atoms with E-state index in [1.54, 1.807) is 16.7 Å². The molecule has 0 fully saturated rings. The minimum Gasteiger partial charge on any atom is -0.493 e. The van der Waals surface area contributed by atoms with Gasteiger partial charge in [-0.15, -0.1) is 0 Å². The lowest BCUT2D eigenvalue weighted by molar-refractivity contribution is 0.0686. The summed E-state index contributed by atoms with van der Waals surface area (Å²) in [7, 11) is 0. The average Bonchev–Trinajstić information content (AvgIpc) is 3.22. The maximum atomic E-state index is 15.2. The van der Waals surface area contributed by atoms with Gasteiger partial charge in [0.15, 0.2) is 0 Å². The van der Waals surface area contributed by atoms with Crippen LogP contribution < -0.4 is 4.74 Å². The van der Waals surface area contributed by atoms with E-state index in [1.165, 1.54) is 6.07 Å². The molecule has 0 amide bonds. The second kappa shape index (κ2) is 9.86. The van der Waals surface area contributed by atoms with E-state index in [0.717, 1.165) is 27.6 Å². The Balaban J connectivity index is 1.53. The number of nitrogens with zero attached hydrogens (tertiary/aromatic N) is 1. The molecule has 0 aliphatic carbocycles. The maximum absolute atomic E-state index is 15.2. The lowest BCUT2D eigenvalue weighted by atomic mass is 9.91. The van der Waals surface area contributed by atoms with Crippen molar-refractivity contribution >= 4 is 27.6 Å². The molecule has 36 heavy (non-hydrogen) atoms. The van der Waals surface area contributed by atoms with Gasteiger partial charge in [-0.1, -0.05) is 86.6 Å². The SMILES string of the molecule is CC(C)c1ccccc1-c1c(C(=O)O)n(CCCOc2cccc3ccccc23)c2c(F)cccc12. The Hall–Kier alpha value is -4.12. The maximum Gasteiger partial charge on any atom is 0.353 e. The molecule has 0 aliphatic heterocycles. The number of aromatic carboxylic acids is 1. The van der Waals surface area contributed by atoms with Gasteiger partial charge in [0.1, 0.15) is 17.3 Å². The van der Waals surface area contributed by atoms with Crippen molar-refractivity contribution in [1.82, 2.24) is 4.57 Å². The van der Waals surface area contributed by atoms with Gasteiger partial charge in [0.25, 0.3) is 0 Å². The molecule has 1 N–H and O–H groups in total. The molecular formula is C31H28FNO3. The number of benzene rings is 4. The number of carbonyl (C=O) groups is 1.